The van der Waals surface area contributed by atoms with Crippen LogP contribution in [0, 0.1) is 23.7 Å². The van der Waals surface area contributed by atoms with Crippen molar-refractivity contribution in [2.24, 2.45) is 23.7 Å². The van der Waals surface area contributed by atoms with Crippen LogP contribution >= 0.6 is 23.2 Å². The van der Waals surface area contributed by atoms with Gasteiger partial charge in [-0.3, -0.25) is 29.0 Å². The SMILES string of the molecule is C=C(CCC)c1nc2cc(-c3noc(=O)[nH]3)nc(-c3cncc(Cl)c3)c2n1CC1CCC(C)CC1.COCC(c1ccccc1)c1nc2cc(-c3noc(=O)[nH]3)nc(-c3cncc(Cl)c3)c2n1CC1CCC(C)CC1. The molecule has 0 bridgehead atoms. The van der Waals surface area contributed by atoms with Crippen molar-refractivity contribution in [3.8, 4) is 45.6 Å². The Kier molecular flexibility index (Phi) is 15.6. The minimum Gasteiger partial charge on any atom is -0.384 e. The van der Waals surface area contributed by atoms with Crippen LogP contribution < -0.4 is 11.5 Å². The first-order chi connectivity index (χ1) is 36.4. The van der Waals surface area contributed by atoms with Crippen molar-refractivity contribution in [2.75, 3.05) is 13.7 Å². The van der Waals surface area contributed by atoms with E-state index in [0.717, 1.165) is 93.7 Å². The quantitative estimate of drug-likeness (QED) is 0.0978. The van der Waals surface area contributed by atoms with Crippen molar-refractivity contribution in [1.29, 1.82) is 0 Å². The Bertz CT molecular complexity index is 3560. The molecule has 1 unspecified atom stereocenters. The third-order valence-electron chi connectivity index (χ3n) is 14.7. The van der Waals surface area contributed by atoms with Crippen LogP contribution in [0.2, 0.25) is 10.0 Å². The maximum absolute atomic E-state index is 11.8. The van der Waals surface area contributed by atoms with Gasteiger partial charge in [-0.25, -0.2) is 29.5 Å². The number of halogens is 2. The smallest absolute Gasteiger partial charge is 0.384 e. The van der Waals surface area contributed by atoms with E-state index in [1.54, 1.807) is 31.9 Å². The topological polar surface area (TPSA) is 214 Å². The number of allylic oxidation sites excluding steroid dienone is 1. The molecule has 388 valence electrons. The van der Waals surface area contributed by atoms with Crippen LogP contribution in [0.4, 0.5) is 0 Å². The van der Waals surface area contributed by atoms with Gasteiger partial charge in [0.1, 0.15) is 23.0 Å². The zero-order valence-corrected chi connectivity index (χ0v) is 44.1. The van der Waals surface area contributed by atoms with Gasteiger partial charge in [-0.2, -0.15) is 0 Å². The minimum absolute atomic E-state index is 0.0956. The molecule has 2 N–H and O–H groups in total. The lowest BCUT2D eigenvalue weighted by atomic mass is 9.83. The van der Waals surface area contributed by atoms with Crippen molar-refractivity contribution in [3.05, 3.63) is 134 Å². The zero-order chi connectivity index (χ0) is 52.2. The van der Waals surface area contributed by atoms with Crippen LogP contribution in [0.1, 0.15) is 108 Å². The average molecular weight is 1050 g/mol. The molecule has 2 fully saturated rings. The van der Waals surface area contributed by atoms with Gasteiger partial charge in [-0.15, -0.1) is 0 Å². The summed E-state index contributed by atoms with van der Waals surface area (Å²) in [7, 11) is 1.72. The first kappa shape index (κ1) is 51.4. The molecular formula is C56H60Cl2N12O5. The zero-order valence-electron chi connectivity index (χ0n) is 42.6. The van der Waals surface area contributed by atoms with E-state index in [9.17, 15) is 9.59 Å². The van der Waals surface area contributed by atoms with Gasteiger partial charge >= 0.3 is 11.5 Å². The number of rotatable bonds is 15. The molecule has 2 aliphatic carbocycles. The second kappa shape index (κ2) is 22.8. The maximum Gasteiger partial charge on any atom is 0.439 e. The summed E-state index contributed by atoms with van der Waals surface area (Å²) in [5.41, 5.74) is 9.18. The fraction of sp³-hybridized carbons (Fsp3) is 0.393. The molecule has 11 rings (SSSR count). The number of methoxy groups -OCH3 is 1. The van der Waals surface area contributed by atoms with Crippen molar-refractivity contribution in [1.82, 2.24) is 59.3 Å². The molecule has 8 aromatic heterocycles. The van der Waals surface area contributed by atoms with Crippen LogP contribution in [0.3, 0.4) is 0 Å². The number of hydrogen-bond donors (Lipinski definition) is 2. The van der Waals surface area contributed by atoms with E-state index in [4.69, 9.17) is 56.9 Å². The second-order valence-electron chi connectivity index (χ2n) is 20.3. The highest BCUT2D eigenvalue weighted by atomic mass is 35.5. The molecule has 9 aromatic rings. The van der Waals surface area contributed by atoms with Gasteiger partial charge in [0.2, 0.25) is 11.6 Å². The number of nitrogens with zero attached hydrogens (tertiary/aromatic N) is 10. The Morgan fingerprint density at radius 3 is 1.69 bits per heavy atom. The number of benzene rings is 1. The van der Waals surface area contributed by atoms with E-state index >= 15 is 0 Å². The molecular weight excluding hydrogens is 992 g/mol. The van der Waals surface area contributed by atoms with Crippen molar-refractivity contribution in [2.45, 2.75) is 104 Å². The Morgan fingerprint density at radius 1 is 0.707 bits per heavy atom. The van der Waals surface area contributed by atoms with Gasteiger partial charge in [-0.05, 0) is 91.2 Å². The summed E-state index contributed by atoms with van der Waals surface area (Å²) in [6, 6.07) is 17.7. The average Bonchev–Trinajstić information content (AvgIpc) is 4.24. The van der Waals surface area contributed by atoms with Crippen LogP contribution in [-0.4, -0.2) is 73.0 Å². The Balaban J connectivity index is 0.000000173. The van der Waals surface area contributed by atoms with Gasteiger partial charge < -0.3 is 13.9 Å². The summed E-state index contributed by atoms with van der Waals surface area (Å²) >= 11 is 12.7. The number of fused-ring (bicyclic) bond motifs is 2. The highest BCUT2D eigenvalue weighted by molar-refractivity contribution is 6.31. The first-order valence-corrected chi connectivity index (χ1v) is 26.6. The first-order valence-electron chi connectivity index (χ1n) is 25.8. The summed E-state index contributed by atoms with van der Waals surface area (Å²) in [5.74, 6) is 3.50. The number of ether oxygens (including phenoxy) is 1. The third-order valence-corrected chi connectivity index (χ3v) is 15.1. The molecule has 0 saturated heterocycles. The summed E-state index contributed by atoms with van der Waals surface area (Å²) < 4.78 is 19.9. The lowest BCUT2D eigenvalue weighted by Crippen LogP contribution is -2.21. The van der Waals surface area contributed by atoms with Gasteiger partial charge in [-0.1, -0.05) is 123 Å². The van der Waals surface area contributed by atoms with E-state index in [-0.39, 0.29) is 17.6 Å². The Labute approximate surface area is 443 Å². The summed E-state index contributed by atoms with van der Waals surface area (Å²) in [6.45, 7) is 13.3. The second-order valence-corrected chi connectivity index (χ2v) is 21.1. The van der Waals surface area contributed by atoms with Crippen molar-refractivity contribution < 1.29 is 13.8 Å². The lowest BCUT2D eigenvalue weighted by molar-refractivity contribution is 0.184. The van der Waals surface area contributed by atoms with Crippen LogP contribution in [0.25, 0.3) is 73.2 Å². The molecule has 2 aliphatic rings. The number of hydrogen-bond acceptors (Lipinski definition) is 13. The largest absolute Gasteiger partial charge is 0.439 e. The van der Waals surface area contributed by atoms with E-state index in [1.807, 2.05) is 42.5 Å². The predicted octanol–water partition coefficient (Wildman–Crippen LogP) is 12.2. The van der Waals surface area contributed by atoms with Crippen LogP contribution in [0.15, 0.2) is 105 Å². The van der Waals surface area contributed by atoms with Crippen LogP contribution in [0.5, 0.6) is 0 Å². The van der Waals surface area contributed by atoms with Crippen molar-refractivity contribution >= 4 is 50.8 Å². The molecule has 75 heavy (non-hydrogen) atoms. The van der Waals surface area contributed by atoms with Gasteiger partial charge in [0, 0.05) is 56.1 Å². The molecule has 17 nitrogen and oxygen atoms in total. The lowest BCUT2D eigenvalue weighted by Gasteiger charge is -2.28. The molecule has 0 amide bonds. The van der Waals surface area contributed by atoms with E-state index in [2.05, 4.69) is 78.9 Å². The molecule has 8 heterocycles. The Morgan fingerprint density at radius 2 is 1.21 bits per heavy atom. The number of imidazole rings is 2. The predicted molar refractivity (Wildman–Crippen MR) is 290 cm³/mol. The molecule has 2 saturated carbocycles. The summed E-state index contributed by atoms with van der Waals surface area (Å²) in [6.07, 6.45) is 18.2. The number of nitrogens with one attached hydrogen (secondary N) is 2. The van der Waals surface area contributed by atoms with Gasteiger partial charge in [0.05, 0.1) is 56.0 Å². The maximum atomic E-state index is 11.8. The third kappa shape index (κ3) is 11.5. The van der Waals surface area contributed by atoms with Gasteiger partial charge in [0.25, 0.3) is 0 Å². The normalized spacial score (nSPS) is 18.3. The number of aromatic amines is 2. The highest BCUT2D eigenvalue weighted by Crippen LogP contribution is 2.40. The molecule has 0 aliphatic heterocycles. The van der Waals surface area contributed by atoms with E-state index in [1.165, 1.54) is 51.4 Å². The fourth-order valence-corrected chi connectivity index (χ4v) is 11.1. The monoisotopic (exact) mass is 1050 g/mol. The minimum atomic E-state index is -0.648. The van der Waals surface area contributed by atoms with Gasteiger partial charge in [0.15, 0.2) is 0 Å². The standard InChI is InChI=1S/C30H31ClN6O3.C26H29ClN6O2/c1-18-8-10-19(11-9-18)16-37-27-24(34-29(37)23(17-39-2)20-6-4-3-5-7-20)13-25(28-35-30(38)40-36-28)33-26(27)21-12-22(31)15-32-14-21;1-4-5-16(3)25-30-20-11-21(24-31-26(34)35-32-24)29-22(18-10-19(27)13-28-12-18)23(20)33(25)14-17-8-6-15(2)7-9-17/h3-7,12-15,18-19,23H,8-11,16-17H2,1-2H3,(H,35,36,38);10-13,15,17H,3-9,14H2,1-2H3,(H,31,32,34). The van der Waals surface area contributed by atoms with Crippen LogP contribution in [-0.2, 0) is 17.8 Å². The molecule has 1 atom stereocenters. The number of aromatic nitrogens is 12. The van der Waals surface area contributed by atoms with Crippen molar-refractivity contribution in [3.63, 3.8) is 0 Å². The Hall–Kier alpha value is -7.08. The number of H-pyrrole nitrogens is 2. The summed E-state index contributed by atoms with van der Waals surface area (Å²) in [4.78, 5) is 57.4. The van der Waals surface area contributed by atoms with E-state index < -0.39 is 11.5 Å². The highest BCUT2D eigenvalue weighted by Gasteiger charge is 2.30. The van der Waals surface area contributed by atoms with E-state index in [0.29, 0.717) is 51.3 Å². The molecule has 0 radical (unpaired) electrons. The molecule has 1 aromatic carbocycles. The molecule has 0 spiro atoms. The number of pyridine rings is 4. The fourth-order valence-electron chi connectivity index (χ4n) is 10.8. The molecule has 19 heteroatoms. The summed E-state index contributed by atoms with van der Waals surface area (Å²) in [5, 5.41) is 8.74.